The van der Waals surface area contributed by atoms with Gasteiger partial charge in [0.05, 0.1) is 12.0 Å². The zero-order chi connectivity index (χ0) is 13.7. The fraction of sp³-hybridized carbons (Fsp3) is 0.462. The van der Waals surface area contributed by atoms with Gasteiger partial charge in [-0.25, -0.2) is 0 Å². The van der Waals surface area contributed by atoms with E-state index >= 15 is 0 Å². The largest absolute Gasteiger partial charge is 0.481 e. The van der Waals surface area contributed by atoms with E-state index in [0.717, 1.165) is 0 Å². The number of hydrogen-bond donors (Lipinski definition) is 2. The number of ether oxygens (including phenoxy) is 1. The van der Waals surface area contributed by atoms with Gasteiger partial charge >= 0.3 is 5.97 Å². The third-order valence-corrected chi connectivity index (χ3v) is 3.22. The Kier molecular flexibility index (Phi) is 4.11. The standard InChI is InChI=1S/C13H16N2O4/c16-11(17)9-13(4-7-19-8-5-13)15-12(18)10-3-1-2-6-14-10/h1-3,6H,4-5,7-9H2,(H,15,18)(H,16,17). The summed E-state index contributed by atoms with van der Waals surface area (Å²) >= 11 is 0. The maximum absolute atomic E-state index is 12.1. The maximum atomic E-state index is 12.1. The van der Waals surface area contributed by atoms with Crippen LogP contribution in [-0.4, -0.2) is 40.7 Å². The molecule has 1 aromatic rings. The highest BCUT2D eigenvalue weighted by atomic mass is 16.5. The molecule has 0 saturated carbocycles. The fourth-order valence-corrected chi connectivity index (χ4v) is 2.20. The number of nitrogens with one attached hydrogen (secondary N) is 1. The van der Waals surface area contributed by atoms with E-state index in [1.165, 1.54) is 6.20 Å². The summed E-state index contributed by atoms with van der Waals surface area (Å²) in [6, 6.07) is 5.04. The summed E-state index contributed by atoms with van der Waals surface area (Å²) in [6.07, 6.45) is 2.42. The third-order valence-electron chi connectivity index (χ3n) is 3.22. The summed E-state index contributed by atoms with van der Waals surface area (Å²) in [6.45, 7) is 0.908. The first-order chi connectivity index (χ1) is 9.11. The average Bonchev–Trinajstić information content (AvgIpc) is 2.39. The number of pyridine rings is 1. The Labute approximate surface area is 110 Å². The van der Waals surface area contributed by atoms with Crippen molar-refractivity contribution in [2.45, 2.75) is 24.8 Å². The molecule has 0 unspecified atom stereocenters. The van der Waals surface area contributed by atoms with Crippen molar-refractivity contribution in [3.05, 3.63) is 30.1 Å². The number of aliphatic carboxylic acids is 1. The molecule has 6 nitrogen and oxygen atoms in total. The van der Waals surface area contributed by atoms with Crippen molar-refractivity contribution >= 4 is 11.9 Å². The minimum atomic E-state index is -0.928. The molecule has 0 atom stereocenters. The number of carboxylic acid groups (broad SMARTS) is 1. The van der Waals surface area contributed by atoms with Crippen LogP contribution in [0.5, 0.6) is 0 Å². The third kappa shape index (κ3) is 3.51. The van der Waals surface area contributed by atoms with Crippen molar-refractivity contribution in [2.24, 2.45) is 0 Å². The lowest BCUT2D eigenvalue weighted by Crippen LogP contribution is -2.53. The Bertz CT molecular complexity index is 455. The van der Waals surface area contributed by atoms with Crippen LogP contribution in [0.3, 0.4) is 0 Å². The number of nitrogens with zero attached hydrogens (tertiary/aromatic N) is 1. The molecule has 0 aromatic carbocycles. The van der Waals surface area contributed by atoms with Crippen molar-refractivity contribution in [3.63, 3.8) is 0 Å². The zero-order valence-corrected chi connectivity index (χ0v) is 10.5. The van der Waals surface area contributed by atoms with Crippen LogP contribution in [0.4, 0.5) is 0 Å². The molecular weight excluding hydrogens is 248 g/mol. The zero-order valence-electron chi connectivity index (χ0n) is 10.5. The molecule has 1 aliphatic rings. The van der Waals surface area contributed by atoms with Crippen LogP contribution in [0.15, 0.2) is 24.4 Å². The molecule has 1 amide bonds. The van der Waals surface area contributed by atoms with Gasteiger partial charge in [0.25, 0.3) is 5.91 Å². The predicted molar refractivity (Wildman–Crippen MR) is 66.7 cm³/mol. The highest BCUT2D eigenvalue weighted by Crippen LogP contribution is 2.25. The Morgan fingerprint density at radius 2 is 2.11 bits per heavy atom. The van der Waals surface area contributed by atoms with Crippen molar-refractivity contribution in [3.8, 4) is 0 Å². The second-order valence-electron chi connectivity index (χ2n) is 4.63. The quantitative estimate of drug-likeness (QED) is 0.841. The Morgan fingerprint density at radius 3 is 2.68 bits per heavy atom. The van der Waals surface area contributed by atoms with Gasteiger partial charge < -0.3 is 15.2 Å². The number of carbonyl (C=O) groups excluding carboxylic acids is 1. The normalized spacial score (nSPS) is 17.7. The van der Waals surface area contributed by atoms with Gasteiger partial charge in [-0.05, 0) is 25.0 Å². The van der Waals surface area contributed by atoms with E-state index in [2.05, 4.69) is 10.3 Å². The SMILES string of the molecule is O=C(O)CC1(NC(=O)c2ccccn2)CCOCC1. The molecule has 0 spiro atoms. The maximum Gasteiger partial charge on any atom is 0.305 e. The molecule has 1 saturated heterocycles. The number of rotatable bonds is 4. The van der Waals surface area contributed by atoms with E-state index < -0.39 is 11.5 Å². The number of hydrogen-bond acceptors (Lipinski definition) is 4. The van der Waals surface area contributed by atoms with Crippen LogP contribution in [-0.2, 0) is 9.53 Å². The van der Waals surface area contributed by atoms with Gasteiger partial charge in [-0.3, -0.25) is 14.6 Å². The van der Waals surface area contributed by atoms with Gasteiger partial charge in [0.2, 0.25) is 0 Å². The molecule has 1 aromatic heterocycles. The van der Waals surface area contributed by atoms with Gasteiger partial charge in [-0.1, -0.05) is 6.07 Å². The molecule has 1 fully saturated rings. The smallest absolute Gasteiger partial charge is 0.305 e. The lowest BCUT2D eigenvalue weighted by Gasteiger charge is -2.36. The van der Waals surface area contributed by atoms with E-state index in [-0.39, 0.29) is 12.3 Å². The predicted octanol–water partition coefficient (Wildman–Crippen LogP) is 0.835. The van der Waals surface area contributed by atoms with Crippen molar-refractivity contribution in [1.29, 1.82) is 0 Å². The first-order valence-electron chi connectivity index (χ1n) is 6.14. The van der Waals surface area contributed by atoms with Crippen LogP contribution in [0.2, 0.25) is 0 Å². The monoisotopic (exact) mass is 264 g/mol. The Balaban J connectivity index is 2.11. The highest BCUT2D eigenvalue weighted by Gasteiger charge is 2.36. The van der Waals surface area contributed by atoms with Crippen LogP contribution in [0.25, 0.3) is 0 Å². The summed E-state index contributed by atoms with van der Waals surface area (Å²) in [4.78, 5) is 27.0. The van der Waals surface area contributed by atoms with Crippen molar-refractivity contribution < 1.29 is 19.4 Å². The summed E-state index contributed by atoms with van der Waals surface area (Å²) in [7, 11) is 0. The summed E-state index contributed by atoms with van der Waals surface area (Å²) in [5.74, 6) is -1.27. The first-order valence-corrected chi connectivity index (χ1v) is 6.14. The van der Waals surface area contributed by atoms with E-state index in [0.29, 0.717) is 31.7 Å². The molecule has 102 valence electrons. The topological polar surface area (TPSA) is 88.5 Å². The van der Waals surface area contributed by atoms with Gasteiger partial charge in [0.15, 0.2) is 0 Å². The Hall–Kier alpha value is -1.95. The van der Waals surface area contributed by atoms with E-state index in [1.54, 1.807) is 18.2 Å². The van der Waals surface area contributed by atoms with Crippen molar-refractivity contribution in [2.75, 3.05) is 13.2 Å². The summed E-state index contributed by atoms with van der Waals surface area (Å²) in [5, 5.41) is 11.8. The number of amides is 1. The molecule has 19 heavy (non-hydrogen) atoms. The number of carboxylic acids is 1. The molecule has 6 heteroatoms. The van der Waals surface area contributed by atoms with Crippen LogP contribution >= 0.6 is 0 Å². The molecule has 2 rings (SSSR count). The van der Waals surface area contributed by atoms with Crippen LogP contribution in [0, 0.1) is 0 Å². The second-order valence-corrected chi connectivity index (χ2v) is 4.63. The van der Waals surface area contributed by atoms with Crippen molar-refractivity contribution in [1.82, 2.24) is 10.3 Å². The highest BCUT2D eigenvalue weighted by molar-refractivity contribution is 5.93. The van der Waals surface area contributed by atoms with Crippen LogP contribution in [0.1, 0.15) is 29.8 Å². The lowest BCUT2D eigenvalue weighted by molar-refractivity contribution is -0.139. The molecule has 1 aliphatic heterocycles. The Morgan fingerprint density at radius 1 is 1.37 bits per heavy atom. The summed E-state index contributed by atoms with van der Waals surface area (Å²) in [5.41, 5.74) is -0.447. The van der Waals surface area contributed by atoms with Crippen LogP contribution < -0.4 is 5.32 Å². The fourth-order valence-electron chi connectivity index (χ4n) is 2.20. The van der Waals surface area contributed by atoms with Gasteiger partial charge in [-0.2, -0.15) is 0 Å². The molecule has 0 radical (unpaired) electrons. The van der Waals surface area contributed by atoms with Gasteiger partial charge in [0, 0.05) is 19.4 Å². The minimum Gasteiger partial charge on any atom is -0.481 e. The molecule has 2 heterocycles. The van der Waals surface area contributed by atoms with Gasteiger partial charge in [0.1, 0.15) is 5.69 Å². The van der Waals surface area contributed by atoms with E-state index in [4.69, 9.17) is 9.84 Å². The average molecular weight is 264 g/mol. The molecular formula is C13H16N2O4. The van der Waals surface area contributed by atoms with E-state index in [9.17, 15) is 9.59 Å². The molecule has 0 bridgehead atoms. The minimum absolute atomic E-state index is 0.102. The lowest BCUT2D eigenvalue weighted by atomic mass is 9.86. The molecule has 2 N–H and O–H groups in total. The number of aromatic nitrogens is 1. The van der Waals surface area contributed by atoms with Gasteiger partial charge in [-0.15, -0.1) is 0 Å². The summed E-state index contributed by atoms with van der Waals surface area (Å²) < 4.78 is 5.23. The second kappa shape index (κ2) is 5.79. The number of carbonyl (C=O) groups is 2. The first kappa shape index (κ1) is 13.5. The molecule has 0 aliphatic carbocycles. The van der Waals surface area contributed by atoms with E-state index in [1.807, 2.05) is 0 Å².